The number of carboxylic acid groups (broad SMARTS) is 1. The normalized spacial score (nSPS) is 20.5. The number of hydrogen-bond donors (Lipinski definition) is 2. The van der Waals surface area contributed by atoms with Gasteiger partial charge in [0.1, 0.15) is 0 Å². The highest BCUT2D eigenvalue weighted by Crippen LogP contribution is 2.30. The second-order valence-corrected chi connectivity index (χ2v) is 6.04. The van der Waals surface area contributed by atoms with Crippen molar-refractivity contribution in [1.29, 1.82) is 0 Å². The lowest BCUT2D eigenvalue weighted by atomic mass is 10.1. The molecule has 132 valence electrons. The first kappa shape index (κ1) is 17.0. The molecule has 2 aromatic heterocycles. The van der Waals surface area contributed by atoms with Crippen molar-refractivity contribution in [3.05, 3.63) is 30.4 Å². The molecule has 9 heteroatoms. The maximum atomic E-state index is 11.8. The molecule has 0 spiro atoms. The fraction of sp³-hybridized carbons (Fsp3) is 0.438. The van der Waals surface area contributed by atoms with Gasteiger partial charge in [-0.1, -0.05) is 5.16 Å². The van der Waals surface area contributed by atoms with Crippen molar-refractivity contribution in [1.82, 2.24) is 25.3 Å². The quantitative estimate of drug-likeness (QED) is 0.790. The van der Waals surface area contributed by atoms with Crippen molar-refractivity contribution in [2.45, 2.75) is 31.3 Å². The van der Waals surface area contributed by atoms with Gasteiger partial charge in [0, 0.05) is 37.0 Å². The molecular formula is C16H19N5O4. The number of carbonyl (C=O) groups is 2. The second kappa shape index (κ2) is 7.39. The van der Waals surface area contributed by atoms with Gasteiger partial charge in [0.05, 0.1) is 12.5 Å². The SMILES string of the molecule is CN1CC(NC(=O)CCC(=O)O)CC1c1nc(-c2ccncc2)no1. The van der Waals surface area contributed by atoms with Gasteiger partial charge in [-0.15, -0.1) is 0 Å². The molecule has 3 heterocycles. The van der Waals surface area contributed by atoms with E-state index in [1.807, 2.05) is 11.9 Å². The number of aromatic nitrogens is 3. The number of nitrogens with zero attached hydrogens (tertiary/aromatic N) is 4. The van der Waals surface area contributed by atoms with Gasteiger partial charge in [-0.2, -0.15) is 4.98 Å². The molecule has 1 saturated heterocycles. The minimum atomic E-state index is -0.980. The summed E-state index contributed by atoms with van der Waals surface area (Å²) in [7, 11) is 1.92. The van der Waals surface area contributed by atoms with E-state index < -0.39 is 5.97 Å². The number of aliphatic carboxylic acids is 1. The van der Waals surface area contributed by atoms with E-state index in [1.54, 1.807) is 24.5 Å². The third-order valence-corrected chi connectivity index (χ3v) is 4.14. The van der Waals surface area contributed by atoms with E-state index in [2.05, 4.69) is 20.4 Å². The second-order valence-electron chi connectivity index (χ2n) is 6.04. The maximum absolute atomic E-state index is 11.8. The molecule has 3 rings (SSSR count). The first-order chi connectivity index (χ1) is 12.0. The molecule has 2 atom stereocenters. The van der Waals surface area contributed by atoms with E-state index in [4.69, 9.17) is 9.63 Å². The smallest absolute Gasteiger partial charge is 0.303 e. The number of carboxylic acids is 1. The maximum Gasteiger partial charge on any atom is 0.303 e. The van der Waals surface area contributed by atoms with Gasteiger partial charge in [-0.05, 0) is 25.6 Å². The van der Waals surface area contributed by atoms with E-state index in [9.17, 15) is 9.59 Å². The molecule has 0 aliphatic carbocycles. The van der Waals surface area contributed by atoms with Gasteiger partial charge in [0.15, 0.2) is 0 Å². The molecule has 1 amide bonds. The van der Waals surface area contributed by atoms with E-state index in [0.29, 0.717) is 24.7 Å². The van der Waals surface area contributed by atoms with Crippen LogP contribution in [0.4, 0.5) is 0 Å². The van der Waals surface area contributed by atoms with Crippen molar-refractivity contribution in [2.75, 3.05) is 13.6 Å². The fourth-order valence-electron chi connectivity index (χ4n) is 2.90. The van der Waals surface area contributed by atoms with Crippen molar-refractivity contribution in [2.24, 2.45) is 0 Å². The number of carbonyl (C=O) groups excluding carboxylic acids is 1. The minimum absolute atomic E-state index is 0.0209. The molecule has 1 fully saturated rings. The Morgan fingerprint density at radius 1 is 1.36 bits per heavy atom. The first-order valence-corrected chi connectivity index (χ1v) is 7.98. The summed E-state index contributed by atoms with van der Waals surface area (Å²) in [6.45, 7) is 0.635. The zero-order valence-corrected chi connectivity index (χ0v) is 13.8. The average molecular weight is 345 g/mol. The van der Waals surface area contributed by atoms with Crippen LogP contribution in [-0.4, -0.2) is 56.6 Å². The summed E-state index contributed by atoms with van der Waals surface area (Å²) in [5.41, 5.74) is 0.823. The van der Waals surface area contributed by atoms with E-state index in [0.717, 1.165) is 5.56 Å². The summed E-state index contributed by atoms with van der Waals surface area (Å²) in [5, 5.41) is 15.5. The van der Waals surface area contributed by atoms with Crippen LogP contribution in [0, 0.1) is 0 Å². The molecular weight excluding hydrogens is 326 g/mol. The molecule has 0 saturated carbocycles. The Hall–Kier alpha value is -2.81. The van der Waals surface area contributed by atoms with Crippen molar-refractivity contribution >= 4 is 11.9 Å². The highest BCUT2D eigenvalue weighted by molar-refractivity contribution is 5.80. The highest BCUT2D eigenvalue weighted by Gasteiger charge is 2.35. The summed E-state index contributed by atoms with van der Waals surface area (Å²) in [4.78, 5) is 32.8. The van der Waals surface area contributed by atoms with Gasteiger partial charge >= 0.3 is 5.97 Å². The highest BCUT2D eigenvalue weighted by atomic mass is 16.5. The Bertz CT molecular complexity index is 748. The summed E-state index contributed by atoms with van der Waals surface area (Å²) in [5.74, 6) is -0.244. The topological polar surface area (TPSA) is 121 Å². The van der Waals surface area contributed by atoms with Crippen LogP contribution in [-0.2, 0) is 9.59 Å². The molecule has 0 radical (unpaired) electrons. The number of nitrogens with one attached hydrogen (secondary N) is 1. The number of amides is 1. The zero-order valence-electron chi connectivity index (χ0n) is 13.8. The Labute approximate surface area is 144 Å². The minimum Gasteiger partial charge on any atom is -0.481 e. The number of likely N-dealkylation sites (N-methyl/N-ethyl adjacent to an activating group) is 1. The number of hydrogen-bond acceptors (Lipinski definition) is 7. The lowest BCUT2D eigenvalue weighted by Gasteiger charge is -2.14. The number of rotatable bonds is 6. The van der Waals surface area contributed by atoms with Crippen LogP contribution in [0.25, 0.3) is 11.4 Å². The van der Waals surface area contributed by atoms with Crippen molar-refractivity contribution < 1.29 is 19.2 Å². The molecule has 1 aliphatic heterocycles. The predicted molar refractivity (Wildman–Crippen MR) is 86.3 cm³/mol. The lowest BCUT2D eigenvalue weighted by Crippen LogP contribution is -2.36. The third kappa shape index (κ3) is 4.18. The van der Waals surface area contributed by atoms with E-state index >= 15 is 0 Å². The van der Waals surface area contributed by atoms with Gasteiger partial charge < -0.3 is 14.9 Å². The molecule has 0 aromatic carbocycles. The van der Waals surface area contributed by atoms with Crippen LogP contribution in [0.3, 0.4) is 0 Å². The largest absolute Gasteiger partial charge is 0.481 e. The van der Waals surface area contributed by atoms with Crippen LogP contribution < -0.4 is 5.32 Å². The Morgan fingerprint density at radius 2 is 2.12 bits per heavy atom. The van der Waals surface area contributed by atoms with Crippen LogP contribution in [0.5, 0.6) is 0 Å². The summed E-state index contributed by atoms with van der Waals surface area (Å²) in [6, 6.07) is 3.44. The predicted octanol–water partition coefficient (Wildman–Crippen LogP) is 0.858. The Morgan fingerprint density at radius 3 is 2.84 bits per heavy atom. The van der Waals surface area contributed by atoms with Gasteiger partial charge in [-0.25, -0.2) is 0 Å². The Kier molecular flexibility index (Phi) is 5.03. The van der Waals surface area contributed by atoms with Crippen LogP contribution in [0.2, 0.25) is 0 Å². The number of likely N-dealkylation sites (tertiary alicyclic amines) is 1. The molecule has 25 heavy (non-hydrogen) atoms. The molecule has 2 unspecified atom stereocenters. The first-order valence-electron chi connectivity index (χ1n) is 7.98. The van der Waals surface area contributed by atoms with Crippen LogP contribution in [0.15, 0.2) is 29.0 Å². The van der Waals surface area contributed by atoms with E-state index in [1.165, 1.54) is 0 Å². The lowest BCUT2D eigenvalue weighted by molar-refractivity contribution is -0.138. The molecule has 0 bridgehead atoms. The third-order valence-electron chi connectivity index (χ3n) is 4.14. The summed E-state index contributed by atoms with van der Waals surface area (Å²) >= 11 is 0. The van der Waals surface area contributed by atoms with Gasteiger partial charge in [0.2, 0.25) is 17.6 Å². The van der Waals surface area contributed by atoms with Crippen LogP contribution in [0.1, 0.15) is 31.2 Å². The summed E-state index contributed by atoms with van der Waals surface area (Å²) in [6.07, 6.45) is 3.77. The summed E-state index contributed by atoms with van der Waals surface area (Å²) < 4.78 is 5.39. The van der Waals surface area contributed by atoms with Crippen molar-refractivity contribution in [3.63, 3.8) is 0 Å². The van der Waals surface area contributed by atoms with Crippen molar-refractivity contribution in [3.8, 4) is 11.4 Å². The Balaban J connectivity index is 1.61. The average Bonchev–Trinajstić information content (AvgIpc) is 3.20. The van der Waals surface area contributed by atoms with Crippen LogP contribution >= 0.6 is 0 Å². The van der Waals surface area contributed by atoms with Gasteiger partial charge in [0.25, 0.3) is 0 Å². The molecule has 2 N–H and O–H groups in total. The molecule has 1 aliphatic rings. The fourth-order valence-corrected chi connectivity index (χ4v) is 2.90. The van der Waals surface area contributed by atoms with Gasteiger partial charge in [-0.3, -0.25) is 19.5 Å². The zero-order chi connectivity index (χ0) is 17.8. The molecule has 9 nitrogen and oxygen atoms in total. The van der Waals surface area contributed by atoms with E-state index in [-0.39, 0.29) is 30.8 Å². The monoisotopic (exact) mass is 345 g/mol. The standard InChI is InChI=1S/C16H19N5O4/c1-21-9-11(18-13(22)2-3-14(23)24)8-12(21)16-19-15(20-25-16)10-4-6-17-7-5-10/h4-7,11-12H,2-3,8-9H2,1H3,(H,18,22)(H,23,24). The number of pyridine rings is 1. The molecule has 2 aromatic rings.